The van der Waals surface area contributed by atoms with Crippen LogP contribution in [0.15, 0.2) is 0 Å². The second-order valence-corrected chi connectivity index (χ2v) is 5.65. The van der Waals surface area contributed by atoms with Gasteiger partial charge in [-0.3, -0.25) is 0 Å². The molecule has 5 nitrogen and oxygen atoms in total. The van der Waals surface area contributed by atoms with E-state index in [1.165, 1.54) is 19.3 Å². The maximum atomic E-state index is 6.12. The standard InChI is InChI=1S/C15H23N3O2/c1-2-20-15(7-4-3-5-8-15)14-17-12-6-9-19-10-11(12)13(16)18-14/h2-10H2,1H3,(H2,16,17,18). The van der Waals surface area contributed by atoms with E-state index in [9.17, 15) is 0 Å². The minimum atomic E-state index is -0.325. The highest BCUT2D eigenvalue weighted by Crippen LogP contribution is 2.39. The Morgan fingerprint density at radius 2 is 2.05 bits per heavy atom. The van der Waals surface area contributed by atoms with Gasteiger partial charge in [0, 0.05) is 18.6 Å². The molecule has 2 aliphatic rings. The lowest BCUT2D eigenvalue weighted by molar-refractivity contribution is -0.0769. The van der Waals surface area contributed by atoms with Gasteiger partial charge >= 0.3 is 0 Å². The maximum absolute atomic E-state index is 6.12. The lowest BCUT2D eigenvalue weighted by Gasteiger charge is -2.36. The second kappa shape index (κ2) is 5.66. The fourth-order valence-electron chi connectivity index (χ4n) is 3.29. The summed E-state index contributed by atoms with van der Waals surface area (Å²) in [6.45, 7) is 3.96. The van der Waals surface area contributed by atoms with Crippen molar-refractivity contribution in [2.24, 2.45) is 0 Å². The molecule has 110 valence electrons. The normalized spacial score (nSPS) is 21.4. The molecule has 0 spiro atoms. The number of hydrogen-bond acceptors (Lipinski definition) is 5. The predicted octanol–water partition coefficient (Wildman–Crippen LogP) is 2.33. The van der Waals surface area contributed by atoms with Gasteiger partial charge in [-0.2, -0.15) is 0 Å². The van der Waals surface area contributed by atoms with Gasteiger partial charge in [0.05, 0.1) is 18.9 Å². The van der Waals surface area contributed by atoms with Crippen molar-refractivity contribution < 1.29 is 9.47 Å². The van der Waals surface area contributed by atoms with Crippen molar-refractivity contribution in [2.75, 3.05) is 18.9 Å². The van der Waals surface area contributed by atoms with Crippen molar-refractivity contribution in [2.45, 2.75) is 57.7 Å². The minimum absolute atomic E-state index is 0.325. The molecule has 0 aromatic carbocycles. The summed E-state index contributed by atoms with van der Waals surface area (Å²) in [6.07, 6.45) is 6.42. The summed E-state index contributed by atoms with van der Waals surface area (Å²) in [7, 11) is 0. The van der Waals surface area contributed by atoms with Crippen molar-refractivity contribution in [3.8, 4) is 0 Å². The van der Waals surface area contributed by atoms with E-state index in [1.54, 1.807) is 0 Å². The third kappa shape index (κ3) is 2.40. The molecular formula is C15H23N3O2. The zero-order valence-electron chi connectivity index (χ0n) is 12.2. The minimum Gasteiger partial charge on any atom is -0.383 e. The zero-order chi connectivity index (χ0) is 14.0. The van der Waals surface area contributed by atoms with E-state index in [4.69, 9.17) is 20.2 Å². The Hall–Kier alpha value is -1.20. The van der Waals surface area contributed by atoms with Crippen molar-refractivity contribution in [1.29, 1.82) is 0 Å². The summed E-state index contributed by atoms with van der Waals surface area (Å²) in [6, 6.07) is 0. The van der Waals surface area contributed by atoms with E-state index >= 15 is 0 Å². The third-order valence-corrected chi connectivity index (χ3v) is 4.34. The van der Waals surface area contributed by atoms with Crippen LogP contribution >= 0.6 is 0 Å². The molecule has 1 fully saturated rings. The van der Waals surface area contributed by atoms with Gasteiger partial charge < -0.3 is 15.2 Å². The van der Waals surface area contributed by atoms with Gasteiger partial charge in [-0.05, 0) is 19.8 Å². The van der Waals surface area contributed by atoms with E-state index in [1.807, 2.05) is 6.92 Å². The average molecular weight is 277 g/mol. The molecule has 0 atom stereocenters. The number of ether oxygens (including phenoxy) is 2. The van der Waals surface area contributed by atoms with Crippen molar-refractivity contribution in [3.05, 3.63) is 17.1 Å². The molecular weight excluding hydrogens is 254 g/mol. The number of nitrogens with zero attached hydrogens (tertiary/aromatic N) is 2. The first-order chi connectivity index (χ1) is 9.75. The van der Waals surface area contributed by atoms with Crippen LogP contribution in [-0.2, 0) is 28.1 Å². The fraction of sp³-hybridized carbons (Fsp3) is 0.733. The van der Waals surface area contributed by atoms with Gasteiger partial charge in [-0.25, -0.2) is 9.97 Å². The molecule has 2 N–H and O–H groups in total. The summed E-state index contributed by atoms with van der Waals surface area (Å²) < 4.78 is 11.5. The first-order valence-electron chi connectivity index (χ1n) is 7.62. The Kier molecular flexibility index (Phi) is 3.89. The van der Waals surface area contributed by atoms with Gasteiger partial charge in [0.1, 0.15) is 11.4 Å². The van der Waals surface area contributed by atoms with Crippen LogP contribution in [-0.4, -0.2) is 23.2 Å². The molecule has 0 saturated heterocycles. The van der Waals surface area contributed by atoms with Gasteiger partial charge in [0.25, 0.3) is 0 Å². The highest BCUT2D eigenvalue weighted by molar-refractivity contribution is 5.43. The Balaban J connectivity index is 2.00. The number of aromatic nitrogens is 2. The molecule has 0 radical (unpaired) electrons. The molecule has 3 rings (SSSR count). The predicted molar refractivity (Wildman–Crippen MR) is 76.2 cm³/mol. The Bertz CT molecular complexity index is 479. The molecule has 0 bridgehead atoms. The van der Waals surface area contributed by atoms with Crippen LogP contribution in [0.4, 0.5) is 5.82 Å². The number of fused-ring (bicyclic) bond motifs is 1. The van der Waals surface area contributed by atoms with Gasteiger partial charge in [0.15, 0.2) is 5.82 Å². The molecule has 1 aliphatic heterocycles. The largest absolute Gasteiger partial charge is 0.383 e. The number of hydrogen-bond donors (Lipinski definition) is 1. The monoisotopic (exact) mass is 277 g/mol. The summed E-state index contributed by atoms with van der Waals surface area (Å²) >= 11 is 0. The zero-order valence-corrected chi connectivity index (χ0v) is 12.2. The van der Waals surface area contributed by atoms with Crippen LogP contribution in [0.1, 0.15) is 56.1 Å². The summed E-state index contributed by atoms with van der Waals surface area (Å²) in [5, 5.41) is 0. The van der Waals surface area contributed by atoms with Crippen molar-refractivity contribution in [1.82, 2.24) is 9.97 Å². The molecule has 1 aliphatic carbocycles. The van der Waals surface area contributed by atoms with Crippen molar-refractivity contribution in [3.63, 3.8) is 0 Å². The van der Waals surface area contributed by atoms with E-state index in [0.717, 1.165) is 36.3 Å². The molecule has 0 unspecified atom stereocenters. The van der Waals surface area contributed by atoms with Crippen LogP contribution in [0.5, 0.6) is 0 Å². The van der Waals surface area contributed by atoms with E-state index in [0.29, 0.717) is 25.6 Å². The van der Waals surface area contributed by atoms with Crippen LogP contribution in [0.2, 0.25) is 0 Å². The average Bonchev–Trinajstić information content (AvgIpc) is 2.48. The Morgan fingerprint density at radius 1 is 1.25 bits per heavy atom. The molecule has 1 saturated carbocycles. The number of rotatable bonds is 3. The van der Waals surface area contributed by atoms with E-state index in [2.05, 4.69) is 4.98 Å². The molecule has 20 heavy (non-hydrogen) atoms. The summed E-state index contributed by atoms with van der Waals surface area (Å²) in [4.78, 5) is 9.36. The van der Waals surface area contributed by atoms with Crippen LogP contribution in [0.25, 0.3) is 0 Å². The van der Waals surface area contributed by atoms with E-state index < -0.39 is 0 Å². The summed E-state index contributed by atoms with van der Waals surface area (Å²) in [5.74, 6) is 1.35. The van der Waals surface area contributed by atoms with Crippen LogP contribution in [0, 0.1) is 0 Å². The Morgan fingerprint density at radius 3 is 2.80 bits per heavy atom. The van der Waals surface area contributed by atoms with Crippen LogP contribution < -0.4 is 5.73 Å². The third-order valence-electron chi connectivity index (χ3n) is 4.34. The highest BCUT2D eigenvalue weighted by atomic mass is 16.5. The topological polar surface area (TPSA) is 70.3 Å². The first-order valence-corrected chi connectivity index (χ1v) is 7.62. The quantitative estimate of drug-likeness (QED) is 0.918. The Labute approximate surface area is 119 Å². The summed E-state index contributed by atoms with van der Waals surface area (Å²) in [5.41, 5.74) is 7.80. The number of nitrogens with two attached hydrogens (primary N) is 1. The maximum Gasteiger partial charge on any atom is 0.162 e. The van der Waals surface area contributed by atoms with Crippen molar-refractivity contribution >= 4 is 5.82 Å². The van der Waals surface area contributed by atoms with Gasteiger partial charge in [-0.15, -0.1) is 0 Å². The molecule has 1 aromatic heterocycles. The van der Waals surface area contributed by atoms with Gasteiger partial charge in [0.2, 0.25) is 0 Å². The SMILES string of the molecule is CCOC1(c2nc(N)c3c(n2)CCOC3)CCCCC1. The lowest BCUT2D eigenvalue weighted by atomic mass is 9.83. The van der Waals surface area contributed by atoms with Gasteiger partial charge in [-0.1, -0.05) is 19.3 Å². The molecule has 1 aromatic rings. The first kappa shape index (κ1) is 13.8. The molecule has 2 heterocycles. The second-order valence-electron chi connectivity index (χ2n) is 5.65. The smallest absolute Gasteiger partial charge is 0.162 e. The molecule has 0 amide bonds. The highest BCUT2D eigenvalue weighted by Gasteiger charge is 2.38. The van der Waals surface area contributed by atoms with E-state index in [-0.39, 0.29) is 5.60 Å². The van der Waals surface area contributed by atoms with Crippen LogP contribution in [0.3, 0.4) is 0 Å². The fourth-order valence-corrected chi connectivity index (χ4v) is 3.29. The molecule has 5 heteroatoms. The number of nitrogen functional groups attached to an aromatic ring is 1. The lowest BCUT2D eigenvalue weighted by Crippen LogP contribution is -2.35. The number of anilines is 1.